The summed E-state index contributed by atoms with van der Waals surface area (Å²) >= 11 is 0. The molecule has 1 atom stereocenters. The van der Waals surface area contributed by atoms with E-state index in [2.05, 4.69) is 149 Å². The first-order valence-corrected chi connectivity index (χ1v) is 17.5. The first-order chi connectivity index (χ1) is 24.2. The number of fused-ring (bicyclic) bond motifs is 6. The lowest BCUT2D eigenvalue weighted by molar-refractivity contribution is 0.317. The second-order valence-corrected chi connectivity index (χ2v) is 13.2. The topological polar surface area (TPSA) is 47.1 Å². The Balaban J connectivity index is 1.32. The smallest absolute Gasteiger partial charge is 0.217 e. The van der Waals surface area contributed by atoms with Gasteiger partial charge in [-0.1, -0.05) is 97.1 Å². The molecule has 5 nitrogen and oxygen atoms in total. The molecule has 3 aliphatic carbocycles. The molecule has 1 unspecified atom stereocenters. The van der Waals surface area contributed by atoms with Crippen LogP contribution < -0.4 is 5.32 Å². The highest BCUT2D eigenvalue weighted by Crippen LogP contribution is 2.44. The molecular weight excluding hydrogens is 599 g/mol. The minimum Gasteiger partial charge on any atom is -0.312 e. The fraction of sp³-hybridized carbons (Fsp3) is 0.182. The summed E-state index contributed by atoms with van der Waals surface area (Å²) < 4.78 is 4.93. The third-order valence-electron chi connectivity index (χ3n) is 10.5. The van der Waals surface area contributed by atoms with Crippen LogP contribution in [-0.4, -0.2) is 27.9 Å². The number of pyridine rings is 1. The van der Waals surface area contributed by atoms with E-state index in [4.69, 9.17) is 9.98 Å². The zero-order valence-corrected chi connectivity index (χ0v) is 27.9. The number of aromatic nitrogens is 3. The first kappa shape index (κ1) is 29.6. The van der Waals surface area contributed by atoms with Crippen molar-refractivity contribution in [2.75, 3.05) is 7.05 Å². The minimum absolute atomic E-state index is 0.851. The van der Waals surface area contributed by atoms with Crippen LogP contribution in [0.3, 0.4) is 0 Å². The average molecular weight is 638 g/mol. The number of allylic oxidation sites excluding steroid dienone is 6. The molecular formula is C44H39N5. The Kier molecular flexibility index (Phi) is 7.17. The SMILES string of the molecule is C=NC(NC)(c1ccccc1)n1c2c(c3cc4c(cc31)c1c(n4-c3ccccc3-c3cccc(C4=CCCC=C4)n3)CCC=C1)C=CCC2. The Labute approximate surface area is 287 Å². The van der Waals surface area contributed by atoms with Gasteiger partial charge in [-0.2, -0.15) is 0 Å². The zero-order valence-electron chi connectivity index (χ0n) is 27.9. The molecule has 0 amide bonds. The molecule has 5 heteroatoms. The minimum atomic E-state index is -0.851. The van der Waals surface area contributed by atoms with Crippen LogP contribution in [0.5, 0.6) is 0 Å². The van der Waals surface area contributed by atoms with E-state index in [1.807, 2.05) is 7.05 Å². The lowest BCUT2D eigenvalue weighted by Crippen LogP contribution is -2.45. The molecule has 9 rings (SSSR count). The summed E-state index contributed by atoms with van der Waals surface area (Å²) in [5, 5.41) is 6.07. The Hall–Kier alpha value is -5.52. The summed E-state index contributed by atoms with van der Waals surface area (Å²) in [7, 11) is 1.99. The molecule has 3 aromatic heterocycles. The number of aliphatic imine (C=N–C) groups is 1. The van der Waals surface area contributed by atoms with Gasteiger partial charge in [0.25, 0.3) is 0 Å². The molecule has 0 aliphatic heterocycles. The van der Waals surface area contributed by atoms with E-state index in [0.717, 1.165) is 72.2 Å². The predicted octanol–water partition coefficient (Wildman–Crippen LogP) is 9.88. The van der Waals surface area contributed by atoms with E-state index >= 15 is 0 Å². The maximum Gasteiger partial charge on any atom is 0.217 e. The predicted molar refractivity (Wildman–Crippen MR) is 205 cm³/mol. The van der Waals surface area contributed by atoms with Crippen LogP contribution in [0.1, 0.15) is 59.5 Å². The monoisotopic (exact) mass is 637 g/mol. The molecule has 3 aliphatic rings. The van der Waals surface area contributed by atoms with E-state index in [0.29, 0.717) is 0 Å². The van der Waals surface area contributed by atoms with Crippen molar-refractivity contribution in [3.63, 3.8) is 0 Å². The number of rotatable bonds is 7. The normalized spacial score (nSPS) is 16.4. The van der Waals surface area contributed by atoms with E-state index in [9.17, 15) is 0 Å². The van der Waals surface area contributed by atoms with Gasteiger partial charge in [0.15, 0.2) is 0 Å². The van der Waals surface area contributed by atoms with Crippen LogP contribution in [-0.2, 0) is 18.6 Å². The molecule has 0 saturated heterocycles. The molecule has 0 radical (unpaired) electrons. The van der Waals surface area contributed by atoms with Crippen LogP contribution in [0.2, 0.25) is 0 Å². The van der Waals surface area contributed by atoms with E-state index in [1.165, 1.54) is 44.4 Å². The van der Waals surface area contributed by atoms with Gasteiger partial charge in [-0.05, 0) is 88.2 Å². The van der Waals surface area contributed by atoms with Crippen LogP contribution in [0.4, 0.5) is 0 Å². The van der Waals surface area contributed by atoms with Crippen LogP contribution >= 0.6 is 0 Å². The van der Waals surface area contributed by atoms with E-state index in [1.54, 1.807) is 0 Å². The lowest BCUT2D eigenvalue weighted by Gasteiger charge is -2.34. The van der Waals surface area contributed by atoms with Gasteiger partial charge in [0, 0.05) is 44.4 Å². The van der Waals surface area contributed by atoms with E-state index < -0.39 is 5.79 Å². The average Bonchev–Trinajstić information content (AvgIpc) is 3.68. The number of nitrogens with one attached hydrogen (secondary N) is 1. The Morgan fingerprint density at radius 3 is 2.18 bits per heavy atom. The third kappa shape index (κ3) is 4.57. The molecule has 6 aromatic rings. The van der Waals surface area contributed by atoms with Crippen molar-refractivity contribution in [3.8, 4) is 16.9 Å². The summed E-state index contributed by atoms with van der Waals surface area (Å²) in [4.78, 5) is 10.1. The van der Waals surface area contributed by atoms with Crippen molar-refractivity contribution in [3.05, 3.63) is 149 Å². The number of para-hydroxylation sites is 1. The Morgan fingerprint density at radius 1 is 0.714 bits per heavy atom. The van der Waals surface area contributed by atoms with Crippen LogP contribution in [0.15, 0.2) is 120 Å². The summed E-state index contributed by atoms with van der Waals surface area (Å²) in [6.07, 6.45) is 22.1. The van der Waals surface area contributed by atoms with Gasteiger partial charge in [-0.3, -0.25) is 10.3 Å². The van der Waals surface area contributed by atoms with Gasteiger partial charge in [0.2, 0.25) is 5.79 Å². The highest BCUT2D eigenvalue weighted by atomic mass is 15.3. The maximum absolute atomic E-state index is 5.23. The molecule has 240 valence electrons. The molecule has 0 bridgehead atoms. The molecule has 1 N–H and O–H groups in total. The zero-order chi connectivity index (χ0) is 33.0. The van der Waals surface area contributed by atoms with Crippen molar-refractivity contribution in [1.82, 2.24) is 19.4 Å². The summed E-state index contributed by atoms with van der Waals surface area (Å²) in [6.45, 7) is 4.16. The number of hydrogen-bond donors (Lipinski definition) is 1. The molecule has 3 aromatic carbocycles. The van der Waals surface area contributed by atoms with E-state index in [-0.39, 0.29) is 0 Å². The molecule has 0 fully saturated rings. The van der Waals surface area contributed by atoms with Crippen molar-refractivity contribution in [2.45, 2.75) is 44.3 Å². The van der Waals surface area contributed by atoms with Crippen molar-refractivity contribution < 1.29 is 0 Å². The maximum atomic E-state index is 5.23. The van der Waals surface area contributed by atoms with Gasteiger partial charge < -0.3 is 9.13 Å². The Bertz CT molecular complexity index is 2400. The number of hydrogen-bond acceptors (Lipinski definition) is 3. The highest BCUT2D eigenvalue weighted by molar-refractivity contribution is 6.06. The summed E-state index contributed by atoms with van der Waals surface area (Å²) in [5.74, 6) is -0.851. The molecule has 0 spiro atoms. The third-order valence-corrected chi connectivity index (χ3v) is 10.5. The Morgan fingerprint density at radius 2 is 1.41 bits per heavy atom. The largest absolute Gasteiger partial charge is 0.312 e. The first-order valence-electron chi connectivity index (χ1n) is 17.5. The number of nitrogens with zero attached hydrogens (tertiary/aromatic N) is 4. The highest BCUT2D eigenvalue weighted by Gasteiger charge is 2.36. The van der Waals surface area contributed by atoms with Crippen LogP contribution in [0, 0.1) is 0 Å². The van der Waals surface area contributed by atoms with Gasteiger partial charge in [0.1, 0.15) is 0 Å². The summed E-state index contributed by atoms with van der Waals surface area (Å²) in [5.41, 5.74) is 14.1. The van der Waals surface area contributed by atoms with Gasteiger partial charge >= 0.3 is 0 Å². The van der Waals surface area contributed by atoms with Crippen molar-refractivity contribution >= 4 is 46.2 Å². The fourth-order valence-corrected chi connectivity index (χ4v) is 8.30. The van der Waals surface area contributed by atoms with Crippen molar-refractivity contribution in [1.29, 1.82) is 0 Å². The van der Waals surface area contributed by atoms with Crippen LogP contribution in [0.25, 0.3) is 56.5 Å². The molecule has 49 heavy (non-hydrogen) atoms. The van der Waals surface area contributed by atoms with Gasteiger partial charge in [-0.25, -0.2) is 4.98 Å². The van der Waals surface area contributed by atoms with Gasteiger partial charge in [-0.15, -0.1) is 0 Å². The molecule has 3 heterocycles. The summed E-state index contributed by atoms with van der Waals surface area (Å²) in [6, 6.07) is 30.5. The standard InChI is InChI=1S/C44H39N5/c1-45-44(46-2,31-18-7-4-8-19-31)49-41-27-14-10-21-33(41)36-28-42-35(29-43(36)49)32-20-9-12-25-39(32)48(42)40-26-13-11-22-34(40)38-24-15-23-37(47-38)30-16-5-3-6-17-30/h4-5,7-11,13,15-24,26,28-29,46H,1,3,6,12,14,25,27H2,2H3. The quantitative estimate of drug-likeness (QED) is 0.177. The van der Waals surface area contributed by atoms with Crippen molar-refractivity contribution in [2.24, 2.45) is 4.99 Å². The lowest BCUT2D eigenvalue weighted by atomic mass is 10.00. The van der Waals surface area contributed by atoms with Gasteiger partial charge in [0.05, 0.1) is 28.1 Å². The second-order valence-electron chi connectivity index (χ2n) is 13.2. The fourth-order valence-electron chi connectivity index (χ4n) is 8.30. The number of benzene rings is 3. The second kappa shape index (κ2) is 11.9. The molecule has 0 saturated carbocycles.